The highest BCUT2D eigenvalue weighted by Gasteiger charge is 2.23. The Morgan fingerprint density at radius 1 is 1.64 bits per heavy atom. The van der Waals surface area contributed by atoms with Crippen molar-refractivity contribution in [2.24, 2.45) is 0 Å². The van der Waals surface area contributed by atoms with E-state index in [0.29, 0.717) is 12.6 Å². The molecule has 0 aromatic rings. The Labute approximate surface area is 67.3 Å². The van der Waals surface area contributed by atoms with E-state index in [1.54, 1.807) is 0 Å². The molecule has 0 aliphatic heterocycles. The number of hydrogen-bond donors (Lipinski definition) is 0. The second-order valence-corrected chi connectivity index (χ2v) is 3.08. The minimum Gasteiger partial charge on any atom is -0.468 e. The normalized spacial score (nSPS) is 18.1. The van der Waals surface area contributed by atoms with Gasteiger partial charge in [-0.05, 0) is 19.9 Å². The predicted molar refractivity (Wildman–Crippen MR) is 42.3 cm³/mol. The third kappa shape index (κ3) is 2.19. The van der Waals surface area contributed by atoms with E-state index >= 15 is 0 Å². The van der Waals surface area contributed by atoms with E-state index in [2.05, 4.69) is 9.64 Å². The highest BCUT2D eigenvalue weighted by atomic mass is 16.5. The molecule has 0 spiro atoms. The monoisotopic (exact) mass is 157 g/mol. The topological polar surface area (TPSA) is 29.5 Å². The number of methoxy groups -OCH3 is 1. The number of carbonyl (C=O) groups excluding carboxylic acids is 1. The third-order valence-electron chi connectivity index (χ3n) is 2.30. The van der Waals surface area contributed by atoms with E-state index in [-0.39, 0.29) is 5.97 Å². The summed E-state index contributed by atoms with van der Waals surface area (Å²) in [5.41, 5.74) is 0. The van der Waals surface area contributed by atoms with E-state index in [4.69, 9.17) is 0 Å². The lowest BCUT2D eigenvalue weighted by Gasteiger charge is -2.33. The average molecular weight is 157 g/mol. The summed E-state index contributed by atoms with van der Waals surface area (Å²) < 4.78 is 4.56. The summed E-state index contributed by atoms with van der Waals surface area (Å²) in [6.45, 7) is 0.432. The zero-order valence-electron chi connectivity index (χ0n) is 7.17. The lowest BCUT2D eigenvalue weighted by molar-refractivity contribution is -0.142. The molecule has 1 aliphatic carbocycles. The first kappa shape index (κ1) is 8.53. The molecule has 1 fully saturated rings. The molecule has 64 valence electrons. The van der Waals surface area contributed by atoms with E-state index in [1.165, 1.54) is 26.4 Å². The number of ether oxygens (including phenoxy) is 1. The van der Waals surface area contributed by atoms with Crippen molar-refractivity contribution in [2.75, 3.05) is 20.7 Å². The molecule has 0 amide bonds. The Hall–Kier alpha value is -0.570. The van der Waals surface area contributed by atoms with Crippen LogP contribution in [0.15, 0.2) is 0 Å². The van der Waals surface area contributed by atoms with Crippen LogP contribution in [0.25, 0.3) is 0 Å². The van der Waals surface area contributed by atoms with Gasteiger partial charge in [0.1, 0.15) is 0 Å². The van der Waals surface area contributed by atoms with Gasteiger partial charge >= 0.3 is 5.97 Å². The minimum absolute atomic E-state index is 0.139. The number of hydrogen-bond acceptors (Lipinski definition) is 3. The molecule has 0 unspecified atom stereocenters. The van der Waals surface area contributed by atoms with Crippen LogP contribution in [0.4, 0.5) is 0 Å². The van der Waals surface area contributed by atoms with Crippen LogP contribution in [-0.4, -0.2) is 37.6 Å². The Bertz CT molecular complexity index is 143. The molecule has 1 rings (SSSR count). The first-order valence-corrected chi connectivity index (χ1v) is 4.01. The molecular weight excluding hydrogens is 142 g/mol. The van der Waals surface area contributed by atoms with Crippen LogP contribution in [0.5, 0.6) is 0 Å². The number of esters is 1. The van der Waals surface area contributed by atoms with Crippen LogP contribution in [0.1, 0.15) is 19.3 Å². The fourth-order valence-electron chi connectivity index (χ4n) is 1.22. The molecule has 0 radical (unpaired) electrons. The molecule has 3 nitrogen and oxygen atoms in total. The molecule has 1 saturated carbocycles. The second kappa shape index (κ2) is 3.72. The van der Waals surface area contributed by atoms with Crippen LogP contribution < -0.4 is 0 Å². The lowest BCUT2D eigenvalue weighted by Crippen LogP contribution is -2.40. The van der Waals surface area contributed by atoms with Gasteiger partial charge < -0.3 is 4.74 Å². The van der Waals surface area contributed by atoms with E-state index < -0.39 is 0 Å². The number of nitrogens with zero attached hydrogens (tertiary/aromatic N) is 1. The summed E-state index contributed by atoms with van der Waals surface area (Å²) in [6, 6.07) is 0.620. The zero-order chi connectivity index (χ0) is 8.27. The quantitative estimate of drug-likeness (QED) is 0.563. The van der Waals surface area contributed by atoms with Crippen molar-refractivity contribution in [3.63, 3.8) is 0 Å². The van der Waals surface area contributed by atoms with Gasteiger partial charge in [0, 0.05) is 6.04 Å². The van der Waals surface area contributed by atoms with Crippen LogP contribution in [0.3, 0.4) is 0 Å². The largest absolute Gasteiger partial charge is 0.468 e. The highest BCUT2D eigenvalue weighted by Crippen LogP contribution is 2.22. The molecule has 1 aliphatic rings. The maximum absolute atomic E-state index is 10.8. The van der Waals surface area contributed by atoms with Gasteiger partial charge in [0.05, 0.1) is 13.7 Å². The van der Waals surface area contributed by atoms with Crippen molar-refractivity contribution in [1.29, 1.82) is 0 Å². The molecular formula is C8H15NO2. The summed E-state index contributed by atoms with van der Waals surface area (Å²) in [5.74, 6) is -0.139. The van der Waals surface area contributed by atoms with Gasteiger partial charge in [-0.25, -0.2) is 0 Å². The third-order valence-corrected chi connectivity index (χ3v) is 2.30. The maximum Gasteiger partial charge on any atom is 0.319 e. The molecule has 0 aromatic carbocycles. The smallest absolute Gasteiger partial charge is 0.319 e. The van der Waals surface area contributed by atoms with Crippen molar-refractivity contribution < 1.29 is 9.53 Å². The molecule has 0 aromatic heterocycles. The van der Waals surface area contributed by atoms with Gasteiger partial charge in [-0.3, -0.25) is 9.69 Å². The van der Waals surface area contributed by atoms with Crippen LogP contribution in [0.2, 0.25) is 0 Å². The van der Waals surface area contributed by atoms with Gasteiger partial charge in [0.25, 0.3) is 0 Å². The maximum atomic E-state index is 10.8. The summed E-state index contributed by atoms with van der Waals surface area (Å²) in [7, 11) is 3.40. The predicted octanol–water partition coefficient (Wildman–Crippen LogP) is 0.644. The number of likely N-dealkylation sites (N-methyl/N-ethyl adjacent to an activating group) is 1. The summed E-state index contributed by atoms with van der Waals surface area (Å²) in [4.78, 5) is 12.9. The van der Waals surface area contributed by atoms with Gasteiger partial charge in [-0.15, -0.1) is 0 Å². The molecule has 0 atom stereocenters. The van der Waals surface area contributed by atoms with Crippen LogP contribution in [-0.2, 0) is 9.53 Å². The summed E-state index contributed by atoms with van der Waals surface area (Å²) in [6.07, 6.45) is 3.76. The Balaban J connectivity index is 2.19. The Morgan fingerprint density at radius 2 is 2.27 bits per heavy atom. The van der Waals surface area contributed by atoms with E-state index in [9.17, 15) is 4.79 Å². The van der Waals surface area contributed by atoms with Crippen molar-refractivity contribution in [3.8, 4) is 0 Å². The van der Waals surface area contributed by atoms with Gasteiger partial charge in [-0.2, -0.15) is 0 Å². The zero-order valence-corrected chi connectivity index (χ0v) is 7.17. The molecule has 3 heteroatoms. The standard InChI is InChI=1S/C8H15NO2/c1-9(6-8(10)11-2)7-4-3-5-7/h7H,3-6H2,1-2H3. The van der Waals surface area contributed by atoms with E-state index in [0.717, 1.165) is 0 Å². The van der Waals surface area contributed by atoms with Crippen molar-refractivity contribution in [2.45, 2.75) is 25.3 Å². The average Bonchev–Trinajstić information content (AvgIpc) is 1.83. The fourth-order valence-corrected chi connectivity index (χ4v) is 1.22. The fraction of sp³-hybridized carbons (Fsp3) is 0.875. The number of rotatable bonds is 3. The van der Waals surface area contributed by atoms with Gasteiger partial charge in [-0.1, -0.05) is 6.42 Å². The first-order chi connectivity index (χ1) is 5.24. The minimum atomic E-state index is -0.139. The Kier molecular flexibility index (Phi) is 2.88. The van der Waals surface area contributed by atoms with Gasteiger partial charge in [0.2, 0.25) is 0 Å². The summed E-state index contributed by atoms with van der Waals surface area (Å²) >= 11 is 0. The van der Waals surface area contributed by atoms with Crippen LogP contribution in [0, 0.1) is 0 Å². The Morgan fingerprint density at radius 3 is 2.64 bits per heavy atom. The van der Waals surface area contributed by atoms with Crippen molar-refractivity contribution in [1.82, 2.24) is 4.90 Å². The highest BCUT2D eigenvalue weighted by molar-refractivity contribution is 5.71. The molecule has 0 heterocycles. The lowest BCUT2D eigenvalue weighted by atomic mass is 9.92. The summed E-state index contributed by atoms with van der Waals surface area (Å²) in [5, 5.41) is 0. The van der Waals surface area contributed by atoms with Crippen molar-refractivity contribution in [3.05, 3.63) is 0 Å². The SMILES string of the molecule is COC(=O)CN(C)C1CCC1. The second-order valence-electron chi connectivity index (χ2n) is 3.08. The molecule has 0 N–H and O–H groups in total. The van der Waals surface area contributed by atoms with E-state index in [1.807, 2.05) is 7.05 Å². The first-order valence-electron chi connectivity index (χ1n) is 4.01. The molecule has 0 saturated heterocycles. The molecule has 11 heavy (non-hydrogen) atoms. The van der Waals surface area contributed by atoms with Crippen LogP contribution >= 0.6 is 0 Å². The van der Waals surface area contributed by atoms with Gasteiger partial charge in [0.15, 0.2) is 0 Å². The van der Waals surface area contributed by atoms with Crippen molar-refractivity contribution >= 4 is 5.97 Å². The molecule has 0 bridgehead atoms. The number of carbonyl (C=O) groups is 1.